The molecule has 0 spiro atoms. The maximum Gasteiger partial charge on any atom is 0.418 e. The summed E-state index contributed by atoms with van der Waals surface area (Å²) in [6.07, 6.45) is -5.54. The molecule has 0 radical (unpaired) electrons. The quantitative estimate of drug-likeness (QED) is 0.817. The standard InChI is InChI=1S/C15H9ClF3NO2/c16-8-5-6-12(11(7-8)15(17,18)19)20-13-9-3-1-2-4-10(9)14(21)22-13/h1-7,13,20H/t13-/m1/s1. The average molecular weight is 328 g/mol. The van der Waals surface area contributed by atoms with Crippen molar-refractivity contribution in [2.45, 2.75) is 12.4 Å². The summed E-state index contributed by atoms with van der Waals surface area (Å²) in [4.78, 5) is 11.7. The highest BCUT2D eigenvalue weighted by Gasteiger charge is 2.36. The number of nitrogens with one attached hydrogen (secondary N) is 1. The number of anilines is 1. The van der Waals surface area contributed by atoms with E-state index in [-0.39, 0.29) is 10.7 Å². The molecule has 1 N–H and O–H groups in total. The van der Waals surface area contributed by atoms with Crippen molar-refractivity contribution in [3.8, 4) is 0 Å². The summed E-state index contributed by atoms with van der Waals surface area (Å²) in [5.41, 5.74) is -0.287. The number of cyclic esters (lactones) is 1. The minimum atomic E-state index is -4.57. The SMILES string of the molecule is O=C1O[C@@H](Nc2ccc(Cl)cc2C(F)(F)F)c2ccccc21. The molecule has 0 aromatic heterocycles. The molecule has 1 atom stereocenters. The van der Waals surface area contributed by atoms with Crippen molar-refractivity contribution in [3.05, 3.63) is 64.2 Å². The monoisotopic (exact) mass is 327 g/mol. The second kappa shape index (κ2) is 5.21. The Morgan fingerprint density at radius 2 is 1.86 bits per heavy atom. The van der Waals surface area contributed by atoms with Gasteiger partial charge in [-0.05, 0) is 24.3 Å². The molecule has 22 heavy (non-hydrogen) atoms. The number of halogens is 4. The molecule has 114 valence electrons. The van der Waals surface area contributed by atoms with Crippen molar-refractivity contribution in [1.82, 2.24) is 0 Å². The lowest BCUT2D eigenvalue weighted by molar-refractivity contribution is -0.137. The average Bonchev–Trinajstić information content (AvgIpc) is 2.77. The van der Waals surface area contributed by atoms with Crippen LogP contribution in [0.2, 0.25) is 5.02 Å². The molecule has 3 rings (SSSR count). The number of benzene rings is 2. The highest BCUT2D eigenvalue weighted by Crippen LogP contribution is 2.39. The zero-order valence-electron chi connectivity index (χ0n) is 10.9. The van der Waals surface area contributed by atoms with E-state index in [2.05, 4.69) is 5.32 Å². The minimum Gasteiger partial charge on any atom is -0.434 e. The van der Waals surface area contributed by atoms with Gasteiger partial charge in [0.1, 0.15) is 0 Å². The predicted octanol–water partition coefficient (Wildman–Crippen LogP) is 4.64. The first-order valence-electron chi connectivity index (χ1n) is 6.29. The number of carbonyl (C=O) groups excluding carboxylic acids is 1. The molecule has 0 bridgehead atoms. The molecular formula is C15H9ClF3NO2. The third-order valence-corrected chi connectivity index (χ3v) is 3.50. The first-order chi connectivity index (χ1) is 10.4. The van der Waals surface area contributed by atoms with Gasteiger partial charge in [-0.25, -0.2) is 4.79 Å². The molecule has 0 unspecified atom stereocenters. The van der Waals surface area contributed by atoms with Crippen LogP contribution >= 0.6 is 11.6 Å². The Morgan fingerprint density at radius 3 is 2.59 bits per heavy atom. The zero-order chi connectivity index (χ0) is 15.9. The van der Waals surface area contributed by atoms with Crippen LogP contribution in [-0.2, 0) is 10.9 Å². The Morgan fingerprint density at radius 1 is 1.14 bits per heavy atom. The van der Waals surface area contributed by atoms with Gasteiger partial charge < -0.3 is 10.1 Å². The van der Waals surface area contributed by atoms with Crippen molar-refractivity contribution in [1.29, 1.82) is 0 Å². The van der Waals surface area contributed by atoms with Gasteiger partial charge in [0.15, 0.2) is 0 Å². The van der Waals surface area contributed by atoms with Gasteiger partial charge in [-0.1, -0.05) is 29.8 Å². The molecule has 1 heterocycles. The van der Waals surface area contributed by atoms with E-state index in [0.29, 0.717) is 11.1 Å². The molecule has 2 aromatic rings. The van der Waals surface area contributed by atoms with Crippen LogP contribution in [0.4, 0.5) is 18.9 Å². The van der Waals surface area contributed by atoms with Crippen molar-refractivity contribution < 1.29 is 22.7 Å². The van der Waals surface area contributed by atoms with Crippen LogP contribution < -0.4 is 5.32 Å². The lowest BCUT2D eigenvalue weighted by Crippen LogP contribution is -2.15. The van der Waals surface area contributed by atoms with Gasteiger partial charge in [0, 0.05) is 16.3 Å². The molecular weight excluding hydrogens is 319 g/mol. The minimum absolute atomic E-state index is 0.0262. The van der Waals surface area contributed by atoms with Gasteiger partial charge >= 0.3 is 12.1 Å². The molecule has 0 saturated heterocycles. The predicted molar refractivity (Wildman–Crippen MR) is 74.7 cm³/mol. The van der Waals surface area contributed by atoms with E-state index in [1.54, 1.807) is 24.3 Å². The molecule has 1 aliphatic rings. The van der Waals surface area contributed by atoms with Gasteiger partial charge in [-0.2, -0.15) is 13.2 Å². The fourth-order valence-electron chi connectivity index (χ4n) is 2.27. The van der Waals surface area contributed by atoms with E-state index in [9.17, 15) is 18.0 Å². The highest BCUT2D eigenvalue weighted by molar-refractivity contribution is 6.30. The lowest BCUT2D eigenvalue weighted by Gasteiger charge is -2.19. The summed E-state index contributed by atoms with van der Waals surface area (Å²) in [6, 6.07) is 9.90. The van der Waals surface area contributed by atoms with E-state index in [1.807, 2.05) is 0 Å². The third kappa shape index (κ3) is 2.62. The van der Waals surface area contributed by atoms with Gasteiger partial charge in [0.2, 0.25) is 6.23 Å². The topological polar surface area (TPSA) is 38.3 Å². The Kier molecular flexibility index (Phi) is 3.48. The van der Waals surface area contributed by atoms with Crippen LogP contribution in [0, 0.1) is 0 Å². The third-order valence-electron chi connectivity index (χ3n) is 3.26. The van der Waals surface area contributed by atoms with Crippen LogP contribution in [-0.4, -0.2) is 5.97 Å². The van der Waals surface area contributed by atoms with E-state index >= 15 is 0 Å². The Labute approximate surface area is 128 Å². The smallest absolute Gasteiger partial charge is 0.418 e. The Hall–Kier alpha value is -2.21. The van der Waals surface area contributed by atoms with Crippen molar-refractivity contribution >= 4 is 23.3 Å². The van der Waals surface area contributed by atoms with Gasteiger partial charge in [-0.15, -0.1) is 0 Å². The molecule has 7 heteroatoms. The molecule has 1 aliphatic heterocycles. The molecule has 3 nitrogen and oxygen atoms in total. The summed E-state index contributed by atoms with van der Waals surface area (Å²) in [5, 5.41) is 2.58. The second-order valence-corrected chi connectivity index (χ2v) is 5.14. The Bertz CT molecular complexity index is 746. The maximum atomic E-state index is 13.1. The number of rotatable bonds is 2. The summed E-state index contributed by atoms with van der Waals surface area (Å²) in [7, 11) is 0. The maximum absolute atomic E-state index is 13.1. The second-order valence-electron chi connectivity index (χ2n) is 4.70. The number of esters is 1. The van der Waals surface area contributed by atoms with Gasteiger partial charge in [-0.3, -0.25) is 0 Å². The number of ether oxygens (including phenoxy) is 1. The van der Waals surface area contributed by atoms with Crippen molar-refractivity contribution in [2.75, 3.05) is 5.32 Å². The fourth-order valence-corrected chi connectivity index (χ4v) is 2.44. The van der Waals surface area contributed by atoms with Gasteiger partial charge in [0.25, 0.3) is 0 Å². The zero-order valence-corrected chi connectivity index (χ0v) is 11.7. The number of carbonyl (C=O) groups is 1. The number of hydrogen-bond donors (Lipinski definition) is 1. The summed E-state index contributed by atoms with van der Waals surface area (Å²) < 4.78 is 44.3. The largest absolute Gasteiger partial charge is 0.434 e. The molecule has 2 aromatic carbocycles. The van der Waals surface area contributed by atoms with Crippen LogP contribution in [0.3, 0.4) is 0 Å². The van der Waals surface area contributed by atoms with Crippen molar-refractivity contribution in [2.24, 2.45) is 0 Å². The van der Waals surface area contributed by atoms with Crippen molar-refractivity contribution in [3.63, 3.8) is 0 Å². The van der Waals surface area contributed by atoms with Crippen LogP contribution in [0.1, 0.15) is 27.7 Å². The highest BCUT2D eigenvalue weighted by atomic mass is 35.5. The van der Waals surface area contributed by atoms with E-state index in [0.717, 1.165) is 6.07 Å². The van der Waals surface area contributed by atoms with Gasteiger partial charge in [0.05, 0.1) is 11.1 Å². The summed E-state index contributed by atoms with van der Waals surface area (Å²) >= 11 is 5.63. The van der Waals surface area contributed by atoms with E-state index in [1.165, 1.54) is 12.1 Å². The van der Waals surface area contributed by atoms with E-state index < -0.39 is 23.9 Å². The Balaban J connectivity index is 1.97. The van der Waals surface area contributed by atoms with Crippen LogP contribution in [0.5, 0.6) is 0 Å². The first-order valence-corrected chi connectivity index (χ1v) is 6.67. The normalized spacial score (nSPS) is 17.1. The summed E-state index contributed by atoms with van der Waals surface area (Å²) in [6.45, 7) is 0. The first kappa shape index (κ1) is 14.7. The fraction of sp³-hybridized carbons (Fsp3) is 0.133. The lowest BCUT2D eigenvalue weighted by atomic mass is 10.1. The van der Waals surface area contributed by atoms with Crippen LogP contribution in [0.15, 0.2) is 42.5 Å². The molecule has 0 saturated carbocycles. The number of alkyl halides is 3. The van der Waals surface area contributed by atoms with E-state index in [4.69, 9.17) is 16.3 Å². The molecule has 0 fully saturated rings. The number of hydrogen-bond acceptors (Lipinski definition) is 3. The molecule has 0 aliphatic carbocycles. The summed E-state index contributed by atoms with van der Waals surface area (Å²) in [5.74, 6) is -0.573. The molecule has 0 amide bonds. The van der Waals surface area contributed by atoms with Crippen LogP contribution in [0.25, 0.3) is 0 Å². The number of fused-ring (bicyclic) bond motifs is 1.